The van der Waals surface area contributed by atoms with Gasteiger partial charge in [0, 0.05) is 18.2 Å². The van der Waals surface area contributed by atoms with E-state index < -0.39 is 34.8 Å². The average molecular weight is 439 g/mol. The number of nitrogens with two attached hydrogens (primary N) is 1. The van der Waals surface area contributed by atoms with Crippen LogP contribution in [0.25, 0.3) is 22.3 Å². The van der Waals surface area contributed by atoms with Crippen LogP contribution in [0, 0.1) is 11.6 Å². The van der Waals surface area contributed by atoms with Crippen molar-refractivity contribution in [2.45, 2.75) is 6.54 Å². The Hall–Kier alpha value is -3.98. The van der Waals surface area contributed by atoms with Gasteiger partial charge in [0.1, 0.15) is 17.3 Å². The number of fused-ring (bicyclic) bond motifs is 1. The van der Waals surface area contributed by atoms with E-state index in [1.165, 1.54) is 6.07 Å². The van der Waals surface area contributed by atoms with Crippen LogP contribution in [0.15, 0.2) is 57.4 Å². The molecule has 7 nitrogen and oxygen atoms in total. The summed E-state index contributed by atoms with van der Waals surface area (Å²) < 4.78 is 38.6. The second-order valence-corrected chi connectivity index (χ2v) is 7.49. The summed E-state index contributed by atoms with van der Waals surface area (Å²) in [7, 11) is 3.92. The van der Waals surface area contributed by atoms with Crippen molar-refractivity contribution >= 4 is 28.5 Å². The minimum absolute atomic E-state index is 0.0698. The lowest BCUT2D eigenvalue weighted by Gasteiger charge is -2.10. The van der Waals surface area contributed by atoms with E-state index in [0.717, 1.165) is 23.7 Å². The smallest absolute Gasteiger partial charge is 0.291 e. The molecule has 0 saturated heterocycles. The van der Waals surface area contributed by atoms with Gasteiger partial charge in [-0.2, -0.15) is 0 Å². The third-order valence-electron chi connectivity index (χ3n) is 4.71. The molecule has 164 valence electrons. The normalized spacial score (nSPS) is 11.3. The molecule has 0 fully saturated rings. The predicted molar refractivity (Wildman–Crippen MR) is 114 cm³/mol. The molecule has 32 heavy (non-hydrogen) atoms. The minimum atomic E-state index is -1.05. The number of primary amides is 1. The van der Waals surface area contributed by atoms with Crippen molar-refractivity contribution < 1.29 is 27.2 Å². The van der Waals surface area contributed by atoms with Crippen LogP contribution in [0.3, 0.4) is 0 Å². The number of anilines is 1. The van der Waals surface area contributed by atoms with Gasteiger partial charge in [0.2, 0.25) is 5.76 Å². The summed E-state index contributed by atoms with van der Waals surface area (Å²) in [5.74, 6) is -3.83. The van der Waals surface area contributed by atoms with E-state index in [0.29, 0.717) is 11.8 Å². The summed E-state index contributed by atoms with van der Waals surface area (Å²) in [6.45, 7) is 0.735. The van der Waals surface area contributed by atoms with Crippen molar-refractivity contribution in [1.29, 1.82) is 0 Å². The van der Waals surface area contributed by atoms with Crippen LogP contribution in [0.4, 0.5) is 14.5 Å². The molecule has 9 heteroatoms. The van der Waals surface area contributed by atoms with E-state index in [1.807, 2.05) is 43.3 Å². The van der Waals surface area contributed by atoms with Crippen LogP contribution in [-0.2, 0) is 6.54 Å². The zero-order valence-electron chi connectivity index (χ0n) is 17.2. The minimum Gasteiger partial charge on any atom is -0.451 e. The molecule has 0 radical (unpaired) electrons. The topological polar surface area (TPSA) is 102 Å². The number of hydrogen-bond donors (Lipinski definition) is 2. The monoisotopic (exact) mass is 439 g/mol. The molecule has 0 atom stereocenters. The number of nitrogens with one attached hydrogen (secondary N) is 1. The highest BCUT2D eigenvalue weighted by atomic mass is 19.1. The molecule has 2 aromatic carbocycles. The number of nitrogens with zero attached hydrogens (tertiary/aromatic N) is 1. The lowest BCUT2D eigenvalue weighted by atomic mass is 10.1. The van der Waals surface area contributed by atoms with E-state index in [-0.39, 0.29) is 16.8 Å². The number of hydrogen-bond acceptors (Lipinski definition) is 5. The van der Waals surface area contributed by atoms with Crippen molar-refractivity contribution in [1.82, 2.24) is 4.90 Å². The molecule has 0 aliphatic heterocycles. The number of rotatable bonds is 6. The molecule has 0 spiro atoms. The quantitative estimate of drug-likeness (QED) is 0.464. The number of halogens is 2. The van der Waals surface area contributed by atoms with Crippen molar-refractivity contribution in [2.75, 3.05) is 19.4 Å². The van der Waals surface area contributed by atoms with Gasteiger partial charge in [0.15, 0.2) is 17.2 Å². The fourth-order valence-electron chi connectivity index (χ4n) is 3.40. The molecule has 0 unspecified atom stereocenters. The van der Waals surface area contributed by atoms with Crippen molar-refractivity contribution in [3.8, 4) is 11.3 Å². The third kappa shape index (κ3) is 4.10. The van der Waals surface area contributed by atoms with Crippen LogP contribution in [0.1, 0.15) is 26.7 Å². The standard InChI is InChI=1S/C23H19F2N3O4/c1-28(2)11-12-4-3-5-13(8-12)17-6-7-18(31-17)23(30)27-19-15-9-14(24)10-16(25)20(15)32-21(19)22(26)29/h3-10H,11H2,1-2H3,(H2,26,29)(H,27,30). The molecule has 3 N–H and O–H groups in total. The van der Waals surface area contributed by atoms with Crippen LogP contribution < -0.4 is 11.1 Å². The Morgan fingerprint density at radius 2 is 1.84 bits per heavy atom. The number of furan rings is 2. The Balaban J connectivity index is 1.65. The summed E-state index contributed by atoms with van der Waals surface area (Å²) in [6.07, 6.45) is 0. The van der Waals surface area contributed by atoms with Crippen LogP contribution in [0.5, 0.6) is 0 Å². The van der Waals surface area contributed by atoms with E-state index in [9.17, 15) is 18.4 Å². The third-order valence-corrected chi connectivity index (χ3v) is 4.71. The maximum atomic E-state index is 14.0. The van der Waals surface area contributed by atoms with Gasteiger partial charge < -0.3 is 24.8 Å². The average Bonchev–Trinajstić information content (AvgIpc) is 3.34. The molecule has 4 rings (SSSR count). The summed E-state index contributed by atoms with van der Waals surface area (Å²) in [5, 5.41) is 2.29. The van der Waals surface area contributed by atoms with Crippen LogP contribution in [-0.4, -0.2) is 30.8 Å². The van der Waals surface area contributed by atoms with Gasteiger partial charge in [-0.1, -0.05) is 18.2 Å². The fraction of sp³-hybridized carbons (Fsp3) is 0.130. The second-order valence-electron chi connectivity index (χ2n) is 7.49. The van der Waals surface area contributed by atoms with Crippen molar-refractivity contribution in [2.24, 2.45) is 5.73 Å². The first-order valence-electron chi connectivity index (χ1n) is 9.59. The molecule has 0 saturated carbocycles. The highest BCUT2D eigenvalue weighted by molar-refractivity contribution is 6.13. The summed E-state index contributed by atoms with van der Waals surface area (Å²) >= 11 is 0. The zero-order valence-corrected chi connectivity index (χ0v) is 17.2. The second kappa shape index (κ2) is 8.27. The number of benzene rings is 2. The van der Waals surface area contributed by atoms with E-state index in [2.05, 4.69) is 5.32 Å². The van der Waals surface area contributed by atoms with Crippen molar-refractivity contribution in [3.63, 3.8) is 0 Å². The van der Waals surface area contributed by atoms with E-state index >= 15 is 0 Å². The van der Waals surface area contributed by atoms with E-state index in [1.54, 1.807) is 6.07 Å². The Morgan fingerprint density at radius 1 is 1.06 bits per heavy atom. The first-order chi connectivity index (χ1) is 15.2. The van der Waals surface area contributed by atoms with Gasteiger partial charge in [-0.15, -0.1) is 0 Å². The molecule has 0 aliphatic rings. The fourth-order valence-corrected chi connectivity index (χ4v) is 3.40. The Labute approximate surface area is 181 Å². The lowest BCUT2D eigenvalue weighted by molar-refractivity contribution is 0.0977. The first-order valence-corrected chi connectivity index (χ1v) is 9.59. The molecule has 2 heterocycles. The number of carbonyl (C=O) groups is 2. The Bertz CT molecular complexity index is 1340. The van der Waals surface area contributed by atoms with Gasteiger partial charge in [-0.3, -0.25) is 9.59 Å². The molecule has 0 aliphatic carbocycles. The maximum Gasteiger partial charge on any atom is 0.291 e. The summed E-state index contributed by atoms with van der Waals surface area (Å²) in [5.41, 5.74) is 6.49. The van der Waals surface area contributed by atoms with Gasteiger partial charge in [-0.25, -0.2) is 8.78 Å². The number of amides is 2. The molecule has 2 amide bonds. The summed E-state index contributed by atoms with van der Waals surface area (Å²) in [4.78, 5) is 26.5. The largest absolute Gasteiger partial charge is 0.451 e. The van der Waals surface area contributed by atoms with Crippen LogP contribution >= 0.6 is 0 Å². The Kier molecular flexibility index (Phi) is 5.50. The molecular formula is C23H19F2N3O4. The first kappa shape index (κ1) is 21.3. The van der Waals surface area contributed by atoms with Crippen molar-refractivity contribution in [3.05, 3.63) is 77.2 Å². The Morgan fingerprint density at radius 3 is 2.56 bits per heavy atom. The predicted octanol–water partition coefficient (Wildman–Crippen LogP) is 4.38. The molecule has 4 aromatic rings. The lowest BCUT2D eigenvalue weighted by Crippen LogP contribution is -2.16. The molecule has 2 aromatic heterocycles. The van der Waals surface area contributed by atoms with Gasteiger partial charge in [-0.05, 0) is 43.9 Å². The van der Waals surface area contributed by atoms with Gasteiger partial charge in [0.05, 0.1) is 5.39 Å². The molecule has 0 bridgehead atoms. The van der Waals surface area contributed by atoms with Gasteiger partial charge in [0.25, 0.3) is 11.8 Å². The maximum absolute atomic E-state index is 14.0. The van der Waals surface area contributed by atoms with E-state index in [4.69, 9.17) is 14.6 Å². The van der Waals surface area contributed by atoms with Gasteiger partial charge >= 0.3 is 0 Å². The summed E-state index contributed by atoms with van der Waals surface area (Å²) in [6, 6.07) is 12.3. The SMILES string of the molecule is CN(C)Cc1cccc(-c2ccc(C(=O)Nc3c(C(N)=O)oc4c(F)cc(F)cc34)o2)c1. The highest BCUT2D eigenvalue weighted by Gasteiger charge is 2.25. The number of carbonyl (C=O) groups excluding carboxylic acids is 2. The highest BCUT2D eigenvalue weighted by Crippen LogP contribution is 2.34. The zero-order chi connectivity index (χ0) is 23.0. The van der Waals surface area contributed by atoms with Crippen LogP contribution in [0.2, 0.25) is 0 Å². The molecular weight excluding hydrogens is 420 g/mol.